The van der Waals surface area contributed by atoms with Gasteiger partial charge in [-0.15, -0.1) is 11.3 Å². The number of nitrogens with zero attached hydrogens (tertiary/aromatic N) is 2. The van der Waals surface area contributed by atoms with E-state index in [-0.39, 0.29) is 30.2 Å². The van der Waals surface area contributed by atoms with Crippen LogP contribution < -0.4 is 0 Å². The predicted molar refractivity (Wildman–Crippen MR) is 87.6 cm³/mol. The van der Waals surface area contributed by atoms with Gasteiger partial charge in [0, 0.05) is 30.0 Å². The van der Waals surface area contributed by atoms with Crippen molar-refractivity contribution < 1.29 is 14.3 Å². The van der Waals surface area contributed by atoms with E-state index in [1.807, 2.05) is 5.38 Å². The van der Waals surface area contributed by atoms with E-state index >= 15 is 0 Å². The smallest absolute Gasteiger partial charge is 0.228 e. The highest BCUT2D eigenvalue weighted by Gasteiger charge is 2.29. The predicted octanol–water partition coefficient (Wildman–Crippen LogP) is 2.72. The van der Waals surface area contributed by atoms with Crippen LogP contribution in [0.3, 0.4) is 0 Å². The lowest BCUT2D eigenvalue weighted by molar-refractivity contribution is -0.129. The number of halogens is 1. The minimum absolute atomic E-state index is 0.0317. The van der Waals surface area contributed by atoms with Crippen LogP contribution in [0.5, 0.6) is 0 Å². The van der Waals surface area contributed by atoms with E-state index in [0.717, 1.165) is 17.0 Å². The number of rotatable bonds is 4. The van der Waals surface area contributed by atoms with Crippen molar-refractivity contribution in [2.75, 3.05) is 13.1 Å². The maximum Gasteiger partial charge on any atom is 0.228 e. The number of carbonyl (C=O) groups is 1. The van der Waals surface area contributed by atoms with Gasteiger partial charge in [0.25, 0.3) is 0 Å². The Balaban J connectivity index is 1.64. The highest BCUT2D eigenvalue weighted by atomic mass is 32.1. The second-order valence-electron chi connectivity index (χ2n) is 5.96. The van der Waals surface area contributed by atoms with Crippen LogP contribution in [-0.4, -0.2) is 40.1 Å². The number of benzene rings is 1. The number of aliphatic hydroxyl groups is 1. The molecule has 122 valence electrons. The minimum Gasteiger partial charge on any atom is -0.393 e. The summed E-state index contributed by atoms with van der Waals surface area (Å²) in [6, 6.07) is 6.30. The maximum absolute atomic E-state index is 13.3. The lowest BCUT2D eigenvalue weighted by atomic mass is 10.0. The summed E-state index contributed by atoms with van der Waals surface area (Å²) >= 11 is 1.41. The quantitative estimate of drug-likeness (QED) is 0.935. The van der Waals surface area contributed by atoms with E-state index in [0.29, 0.717) is 18.8 Å². The van der Waals surface area contributed by atoms with Crippen molar-refractivity contribution in [2.45, 2.75) is 25.9 Å². The van der Waals surface area contributed by atoms with E-state index in [1.165, 1.54) is 23.5 Å². The van der Waals surface area contributed by atoms with Gasteiger partial charge in [0.1, 0.15) is 10.8 Å². The van der Waals surface area contributed by atoms with E-state index in [4.69, 9.17) is 0 Å². The number of hydrogen-bond acceptors (Lipinski definition) is 4. The first-order valence-electron chi connectivity index (χ1n) is 7.69. The number of aliphatic hydroxyl groups excluding tert-OH is 1. The lowest BCUT2D eigenvalue weighted by Gasteiger charge is -2.17. The molecule has 1 N–H and O–H groups in total. The number of carbonyl (C=O) groups excluding carboxylic acids is 1. The Hall–Kier alpha value is -1.79. The zero-order chi connectivity index (χ0) is 16.4. The number of thiazole rings is 1. The minimum atomic E-state index is -0.383. The highest BCUT2D eigenvalue weighted by Crippen LogP contribution is 2.25. The van der Waals surface area contributed by atoms with Crippen molar-refractivity contribution in [3.63, 3.8) is 0 Å². The monoisotopic (exact) mass is 334 g/mol. The maximum atomic E-state index is 13.3. The number of amides is 1. The molecular weight excluding hydrogens is 315 g/mol. The molecule has 1 aromatic heterocycles. The molecule has 3 rings (SSSR count). The summed E-state index contributed by atoms with van der Waals surface area (Å²) in [5, 5.41) is 12.2. The van der Waals surface area contributed by atoms with Crippen molar-refractivity contribution in [3.8, 4) is 10.6 Å². The molecule has 23 heavy (non-hydrogen) atoms. The number of hydrogen-bond donors (Lipinski definition) is 1. The molecule has 0 radical (unpaired) electrons. The van der Waals surface area contributed by atoms with Gasteiger partial charge in [-0.05, 0) is 25.5 Å². The molecule has 1 fully saturated rings. The van der Waals surface area contributed by atoms with Crippen molar-refractivity contribution in [1.29, 1.82) is 0 Å². The number of aromatic nitrogens is 1. The first-order valence-corrected chi connectivity index (χ1v) is 8.57. The summed E-state index contributed by atoms with van der Waals surface area (Å²) in [7, 11) is 0. The van der Waals surface area contributed by atoms with Gasteiger partial charge in [0.05, 0.1) is 18.2 Å². The van der Waals surface area contributed by atoms with Crippen LogP contribution in [0.25, 0.3) is 10.6 Å². The standard InChI is InChI=1S/C17H19FN2O2S/c1-11(21)13-5-6-20(9-13)16(22)8-15-10-23-17(19-15)12-3-2-4-14(18)7-12/h2-4,7,10-11,13,21H,5-6,8-9H2,1H3. The second kappa shape index (κ2) is 6.76. The van der Waals surface area contributed by atoms with Gasteiger partial charge in [-0.1, -0.05) is 12.1 Å². The molecule has 0 saturated carbocycles. The van der Waals surface area contributed by atoms with Crippen LogP contribution in [0.4, 0.5) is 4.39 Å². The second-order valence-corrected chi connectivity index (χ2v) is 6.82. The van der Waals surface area contributed by atoms with Gasteiger partial charge in [-0.2, -0.15) is 0 Å². The molecule has 1 aliphatic rings. The molecule has 1 aliphatic heterocycles. The molecule has 2 unspecified atom stereocenters. The summed E-state index contributed by atoms with van der Waals surface area (Å²) < 4.78 is 13.3. The third-order valence-corrected chi connectivity index (χ3v) is 5.16. The van der Waals surface area contributed by atoms with Crippen molar-refractivity contribution in [2.24, 2.45) is 5.92 Å². The van der Waals surface area contributed by atoms with Gasteiger partial charge in [0.2, 0.25) is 5.91 Å². The largest absolute Gasteiger partial charge is 0.393 e. The lowest BCUT2D eigenvalue weighted by Crippen LogP contribution is -2.31. The third kappa shape index (κ3) is 3.76. The Morgan fingerprint density at radius 1 is 1.57 bits per heavy atom. The molecule has 1 saturated heterocycles. The average molecular weight is 334 g/mol. The van der Waals surface area contributed by atoms with Gasteiger partial charge in [0.15, 0.2) is 0 Å². The fourth-order valence-corrected chi connectivity index (χ4v) is 3.63. The first kappa shape index (κ1) is 16.1. The van der Waals surface area contributed by atoms with Crippen LogP contribution in [0.15, 0.2) is 29.6 Å². The Labute approximate surface area is 138 Å². The van der Waals surface area contributed by atoms with Crippen molar-refractivity contribution in [3.05, 3.63) is 41.2 Å². The summed E-state index contributed by atoms with van der Waals surface area (Å²) in [5.41, 5.74) is 1.43. The van der Waals surface area contributed by atoms with Crippen LogP contribution in [0, 0.1) is 11.7 Å². The van der Waals surface area contributed by atoms with E-state index < -0.39 is 0 Å². The SMILES string of the molecule is CC(O)C1CCN(C(=O)Cc2csc(-c3cccc(F)c3)n2)C1. The highest BCUT2D eigenvalue weighted by molar-refractivity contribution is 7.13. The molecule has 0 bridgehead atoms. The molecule has 2 atom stereocenters. The Bertz CT molecular complexity index is 701. The topological polar surface area (TPSA) is 53.4 Å². The Kier molecular flexibility index (Phi) is 4.73. The summed E-state index contributed by atoms with van der Waals surface area (Å²) in [4.78, 5) is 18.6. The molecule has 4 nitrogen and oxygen atoms in total. The summed E-state index contributed by atoms with van der Waals surface area (Å²) in [5.74, 6) is -0.0990. The van der Waals surface area contributed by atoms with Crippen LogP contribution in [0.2, 0.25) is 0 Å². The molecule has 2 heterocycles. The molecule has 6 heteroatoms. The van der Waals surface area contributed by atoms with Crippen molar-refractivity contribution >= 4 is 17.2 Å². The van der Waals surface area contributed by atoms with E-state index in [1.54, 1.807) is 24.0 Å². The summed E-state index contributed by atoms with van der Waals surface area (Å²) in [6.45, 7) is 3.07. The molecule has 1 amide bonds. The molecule has 1 aromatic carbocycles. The summed E-state index contributed by atoms with van der Waals surface area (Å²) in [6.07, 6.45) is 0.708. The van der Waals surface area contributed by atoms with Gasteiger partial charge >= 0.3 is 0 Å². The van der Waals surface area contributed by atoms with Crippen LogP contribution >= 0.6 is 11.3 Å². The Morgan fingerprint density at radius 3 is 3.09 bits per heavy atom. The zero-order valence-corrected chi connectivity index (χ0v) is 13.7. The molecular formula is C17H19FN2O2S. The number of likely N-dealkylation sites (tertiary alicyclic amines) is 1. The Morgan fingerprint density at radius 2 is 2.39 bits per heavy atom. The van der Waals surface area contributed by atoms with Crippen LogP contribution in [-0.2, 0) is 11.2 Å². The van der Waals surface area contributed by atoms with E-state index in [9.17, 15) is 14.3 Å². The van der Waals surface area contributed by atoms with E-state index in [2.05, 4.69) is 4.98 Å². The first-order chi connectivity index (χ1) is 11.0. The average Bonchev–Trinajstić information content (AvgIpc) is 3.16. The molecule has 2 aromatic rings. The van der Waals surface area contributed by atoms with Crippen molar-refractivity contribution in [1.82, 2.24) is 9.88 Å². The normalized spacial score (nSPS) is 19.1. The fourth-order valence-electron chi connectivity index (χ4n) is 2.82. The van der Waals surface area contributed by atoms with Gasteiger partial charge < -0.3 is 10.0 Å². The van der Waals surface area contributed by atoms with Crippen LogP contribution in [0.1, 0.15) is 19.0 Å². The molecule has 0 spiro atoms. The van der Waals surface area contributed by atoms with Gasteiger partial charge in [-0.3, -0.25) is 4.79 Å². The zero-order valence-electron chi connectivity index (χ0n) is 12.9. The third-order valence-electron chi connectivity index (χ3n) is 4.22. The fraction of sp³-hybridized carbons (Fsp3) is 0.412. The van der Waals surface area contributed by atoms with Gasteiger partial charge in [-0.25, -0.2) is 9.37 Å². The molecule has 0 aliphatic carbocycles.